The highest BCUT2D eigenvalue weighted by molar-refractivity contribution is 5.52. The molecule has 192 valence electrons. The van der Waals surface area contributed by atoms with Gasteiger partial charge in [-0.3, -0.25) is 4.90 Å². The third kappa shape index (κ3) is 6.41. The molecule has 2 fully saturated rings. The van der Waals surface area contributed by atoms with Gasteiger partial charge in [0.15, 0.2) is 0 Å². The molecule has 2 aromatic rings. The van der Waals surface area contributed by atoms with Gasteiger partial charge in [0.1, 0.15) is 0 Å². The van der Waals surface area contributed by atoms with E-state index in [0.29, 0.717) is 31.9 Å². The Hall–Kier alpha value is -2.46. The lowest BCUT2D eigenvalue weighted by molar-refractivity contribution is -0.139. The van der Waals surface area contributed by atoms with Gasteiger partial charge in [-0.15, -0.1) is 0 Å². The minimum absolute atomic E-state index is 0.178. The molecule has 4 rings (SSSR count). The Bertz CT molecular complexity index is 981. The molecule has 4 nitrogen and oxygen atoms in total. The Morgan fingerprint density at radius 1 is 0.657 bits per heavy atom. The predicted molar refractivity (Wildman–Crippen MR) is 125 cm³/mol. The third-order valence-corrected chi connectivity index (χ3v) is 6.80. The number of anilines is 2. The van der Waals surface area contributed by atoms with Crippen LogP contribution in [0.25, 0.3) is 0 Å². The number of nitrogens with zero attached hydrogens (tertiary/aromatic N) is 4. The van der Waals surface area contributed by atoms with Gasteiger partial charge in [0, 0.05) is 63.7 Å². The lowest BCUT2D eigenvalue weighted by atomic mass is 10.0. The first-order valence-electron chi connectivity index (χ1n) is 11.8. The maximum atomic E-state index is 13.8. The van der Waals surface area contributed by atoms with Crippen LogP contribution in [0.4, 0.5) is 37.7 Å². The van der Waals surface area contributed by atoms with E-state index in [-0.39, 0.29) is 12.1 Å². The highest BCUT2D eigenvalue weighted by Crippen LogP contribution is 2.35. The van der Waals surface area contributed by atoms with Gasteiger partial charge in [0.05, 0.1) is 11.1 Å². The lowest BCUT2D eigenvalue weighted by Gasteiger charge is -2.36. The molecule has 0 aromatic heterocycles. The van der Waals surface area contributed by atoms with E-state index in [4.69, 9.17) is 0 Å². The van der Waals surface area contributed by atoms with Gasteiger partial charge >= 0.3 is 12.4 Å². The molecule has 0 N–H and O–H groups in total. The Labute approximate surface area is 201 Å². The molecule has 0 bridgehead atoms. The van der Waals surface area contributed by atoms with Crippen LogP contribution in [0.1, 0.15) is 23.1 Å². The summed E-state index contributed by atoms with van der Waals surface area (Å²) in [6, 6.07) is 9.45. The summed E-state index contributed by atoms with van der Waals surface area (Å²) < 4.78 is 79.7. The van der Waals surface area contributed by atoms with Crippen LogP contribution in [0.2, 0.25) is 0 Å². The van der Waals surface area contributed by atoms with Crippen molar-refractivity contribution in [3.05, 3.63) is 59.2 Å². The van der Waals surface area contributed by atoms with Gasteiger partial charge in [0.25, 0.3) is 0 Å². The summed E-state index contributed by atoms with van der Waals surface area (Å²) in [5.74, 6) is 0. The second kappa shape index (κ2) is 10.3. The van der Waals surface area contributed by atoms with Gasteiger partial charge < -0.3 is 14.7 Å². The molecule has 2 aliphatic heterocycles. The van der Waals surface area contributed by atoms with Crippen LogP contribution >= 0.6 is 0 Å². The number of rotatable bonds is 4. The van der Waals surface area contributed by atoms with E-state index in [9.17, 15) is 26.3 Å². The van der Waals surface area contributed by atoms with E-state index in [2.05, 4.69) is 9.80 Å². The Kier molecular flexibility index (Phi) is 7.51. The molecule has 0 unspecified atom stereocenters. The number of hydrogen-bond donors (Lipinski definition) is 0. The van der Waals surface area contributed by atoms with Crippen molar-refractivity contribution in [2.45, 2.75) is 25.3 Å². The molecule has 0 aliphatic carbocycles. The summed E-state index contributed by atoms with van der Waals surface area (Å²) in [6.07, 6.45) is -7.86. The molecule has 0 saturated carbocycles. The molecule has 2 saturated heterocycles. The van der Waals surface area contributed by atoms with Gasteiger partial charge in [0.2, 0.25) is 0 Å². The number of alkyl halides is 6. The molecule has 0 radical (unpaired) electrons. The van der Waals surface area contributed by atoms with E-state index in [1.54, 1.807) is 12.1 Å². The van der Waals surface area contributed by atoms with E-state index in [0.717, 1.165) is 50.4 Å². The predicted octanol–water partition coefficient (Wildman–Crippen LogP) is 5.19. The summed E-state index contributed by atoms with van der Waals surface area (Å²) in [5, 5.41) is 0. The van der Waals surface area contributed by atoms with Crippen LogP contribution in [0.15, 0.2) is 42.5 Å². The highest BCUT2D eigenvalue weighted by atomic mass is 19.4. The number of benzene rings is 2. The minimum atomic E-state index is -4.44. The summed E-state index contributed by atoms with van der Waals surface area (Å²) in [7, 11) is 2.05. The van der Waals surface area contributed by atoms with Gasteiger partial charge in [-0.25, -0.2) is 0 Å². The molecule has 0 amide bonds. The first-order chi connectivity index (χ1) is 16.5. The fraction of sp³-hybridized carbons (Fsp3) is 0.520. The zero-order valence-corrected chi connectivity index (χ0v) is 19.7. The Morgan fingerprint density at radius 3 is 1.89 bits per heavy atom. The van der Waals surface area contributed by atoms with Gasteiger partial charge in [-0.05, 0) is 68.0 Å². The van der Waals surface area contributed by atoms with Crippen molar-refractivity contribution in [3.63, 3.8) is 0 Å². The standard InChI is InChI=1S/C25H30F6N4/c1-32-9-2-10-34(14-11-32)22-7-8-23(25(29,30)31)19(17-22)18-33-12-15-35(16-13-33)21-5-3-20(4-6-21)24(26,27)28/h3-8,17H,2,9-16,18H2,1H3. The average Bonchev–Trinajstić information content (AvgIpc) is 3.03. The molecule has 0 spiro atoms. The van der Waals surface area contributed by atoms with E-state index >= 15 is 0 Å². The second-order valence-corrected chi connectivity index (χ2v) is 9.29. The summed E-state index contributed by atoms with van der Waals surface area (Å²) in [6.45, 7) is 5.70. The summed E-state index contributed by atoms with van der Waals surface area (Å²) >= 11 is 0. The quantitative estimate of drug-likeness (QED) is 0.536. The van der Waals surface area contributed by atoms with Crippen molar-refractivity contribution in [1.29, 1.82) is 0 Å². The van der Waals surface area contributed by atoms with Crippen molar-refractivity contribution < 1.29 is 26.3 Å². The van der Waals surface area contributed by atoms with Crippen LogP contribution in [-0.4, -0.2) is 69.2 Å². The van der Waals surface area contributed by atoms with E-state index in [1.165, 1.54) is 18.2 Å². The second-order valence-electron chi connectivity index (χ2n) is 9.29. The maximum Gasteiger partial charge on any atom is 0.416 e. The topological polar surface area (TPSA) is 13.0 Å². The first-order valence-corrected chi connectivity index (χ1v) is 11.8. The summed E-state index contributed by atoms with van der Waals surface area (Å²) in [5.41, 5.74) is 0.442. The Balaban J connectivity index is 1.44. The molecule has 2 aromatic carbocycles. The Morgan fingerprint density at radius 2 is 1.26 bits per heavy atom. The molecule has 0 atom stereocenters. The minimum Gasteiger partial charge on any atom is -0.370 e. The fourth-order valence-corrected chi connectivity index (χ4v) is 4.76. The third-order valence-electron chi connectivity index (χ3n) is 6.80. The van der Waals surface area contributed by atoms with Crippen molar-refractivity contribution in [3.8, 4) is 0 Å². The number of likely N-dealkylation sites (N-methyl/N-ethyl adjacent to an activating group) is 1. The first kappa shape index (κ1) is 25.6. The van der Waals surface area contributed by atoms with Crippen LogP contribution in [0.5, 0.6) is 0 Å². The van der Waals surface area contributed by atoms with Crippen molar-refractivity contribution >= 4 is 11.4 Å². The number of piperazine rings is 1. The normalized spacial score (nSPS) is 19.2. The molecule has 35 heavy (non-hydrogen) atoms. The average molecular weight is 501 g/mol. The largest absolute Gasteiger partial charge is 0.416 e. The van der Waals surface area contributed by atoms with Crippen molar-refractivity contribution in [1.82, 2.24) is 9.80 Å². The van der Waals surface area contributed by atoms with Crippen LogP contribution in [0.3, 0.4) is 0 Å². The fourth-order valence-electron chi connectivity index (χ4n) is 4.76. The van der Waals surface area contributed by atoms with Crippen LogP contribution in [-0.2, 0) is 18.9 Å². The van der Waals surface area contributed by atoms with E-state index < -0.39 is 23.5 Å². The SMILES string of the molecule is CN1CCCN(c2ccc(C(F)(F)F)c(CN3CCN(c4ccc(C(F)(F)F)cc4)CC3)c2)CC1. The zero-order valence-electron chi connectivity index (χ0n) is 19.7. The van der Waals surface area contributed by atoms with Gasteiger partial charge in [-0.2, -0.15) is 26.3 Å². The number of hydrogen-bond acceptors (Lipinski definition) is 4. The van der Waals surface area contributed by atoms with E-state index in [1.807, 2.05) is 16.8 Å². The highest BCUT2D eigenvalue weighted by Gasteiger charge is 2.34. The van der Waals surface area contributed by atoms with Crippen LogP contribution < -0.4 is 9.80 Å². The van der Waals surface area contributed by atoms with Crippen molar-refractivity contribution in [2.24, 2.45) is 0 Å². The van der Waals surface area contributed by atoms with Crippen molar-refractivity contribution in [2.75, 3.05) is 69.2 Å². The molecule has 10 heteroatoms. The monoisotopic (exact) mass is 500 g/mol. The smallest absolute Gasteiger partial charge is 0.370 e. The molecule has 2 heterocycles. The maximum absolute atomic E-state index is 13.8. The molecular formula is C25H30F6N4. The molecule has 2 aliphatic rings. The zero-order chi connectivity index (χ0) is 25.2. The van der Waals surface area contributed by atoms with Gasteiger partial charge in [-0.1, -0.05) is 0 Å². The molecular weight excluding hydrogens is 470 g/mol. The van der Waals surface area contributed by atoms with Crippen LogP contribution in [0, 0.1) is 0 Å². The number of halogens is 6. The lowest BCUT2D eigenvalue weighted by Crippen LogP contribution is -2.46. The summed E-state index contributed by atoms with van der Waals surface area (Å²) in [4.78, 5) is 8.31.